The van der Waals surface area contributed by atoms with Gasteiger partial charge in [0, 0.05) is 0 Å². The Balaban J connectivity index is 3.25. The van der Waals surface area contributed by atoms with E-state index in [1.54, 1.807) is 13.0 Å². The average Bonchev–Trinajstić information content (AvgIpc) is 2.01. The Morgan fingerprint density at radius 2 is 2.09 bits per heavy atom. The van der Waals surface area contributed by atoms with Gasteiger partial charge in [-0.3, -0.25) is 0 Å². The highest BCUT2D eigenvalue weighted by molar-refractivity contribution is 6.31. The highest BCUT2D eigenvalue weighted by Crippen LogP contribution is 2.22. The Bertz CT molecular complexity index is 269. The normalized spacial score (nSPS) is 10.2. The first kappa shape index (κ1) is 8.54. The molecule has 0 saturated carbocycles. The molecule has 0 amide bonds. The Hall–Kier alpha value is -0.560. The summed E-state index contributed by atoms with van der Waals surface area (Å²) in [6, 6.07) is 3.61. The lowest BCUT2D eigenvalue weighted by Gasteiger charge is -2.03. The smallest absolute Gasteiger partial charge is 0.145 e. The summed E-state index contributed by atoms with van der Waals surface area (Å²) in [6.07, 6.45) is 0.686. The summed E-state index contributed by atoms with van der Waals surface area (Å²) in [7, 11) is 0. The molecule has 60 valence electrons. The summed E-state index contributed by atoms with van der Waals surface area (Å²) in [5.41, 5.74) is 1.47. The van der Waals surface area contributed by atoms with Crippen LogP contribution in [0.5, 0.6) is 0 Å². The molecule has 0 bridgehead atoms. The fourth-order valence-electron chi connectivity index (χ4n) is 0.959. The van der Waals surface area contributed by atoms with Crippen LogP contribution in [-0.4, -0.2) is 0 Å². The van der Waals surface area contributed by atoms with Crippen LogP contribution < -0.4 is 0 Å². The second-order valence-corrected chi connectivity index (χ2v) is 2.90. The Morgan fingerprint density at radius 3 is 2.64 bits per heavy atom. The molecule has 1 rings (SSSR count). The molecular weight excluding hydrogens is 163 g/mol. The maximum absolute atomic E-state index is 13.1. The van der Waals surface area contributed by atoms with Gasteiger partial charge in [0.2, 0.25) is 0 Å². The predicted octanol–water partition coefficient (Wildman–Crippen LogP) is 3.35. The van der Waals surface area contributed by atoms with Gasteiger partial charge in [-0.15, -0.1) is 0 Å². The zero-order chi connectivity index (χ0) is 8.43. The Labute approximate surface area is 71.0 Å². The number of aryl methyl sites for hydroxylation is 2. The maximum Gasteiger partial charge on any atom is 0.145 e. The highest BCUT2D eigenvalue weighted by Gasteiger charge is 2.06. The van der Waals surface area contributed by atoms with Crippen molar-refractivity contribution in [1.29, 1.82) is 0 Å². The molecule has 0 radical (unpaired) electrons. The van der Waals surface area contributed by atoms with Crippen molar-refractivity contribution in [1.82, 2.24) is 0 Å². The molecule has 0 aromatic heterocycles. The van der Waals surface area contributed by atoms with Gasteiger partial charge in [-0.2, -0.15) is 0 Å². The average molecular weight is 173 g/mol. The van der Waals surface area contributed by atoms with Crippen LogP contribution in [0.2, 0.25) is 5.02 Å². The largest absolute Gasteiger partial charge is 0.205 e. The minimum absolute atomic E-state index is 0.254. The van der Waals surface area contributed by atoms with Crippen LogP contribution in [0.4, 0.5) is 4.39 Å². The Morgan fingerprint density at radius 1 is 1.45 bits per heavy atom. The summed E-state index contributed by atoms with van der Waals surface area (Å²) in [5.74, 6) is -0.269. The van der Waals surface area contributed by atoms with Gasteiger partial charge in [-0.1, -0.05) is 30.7 Å². The molecule has 2 heteroatoms. The van der Waals surface area contributed by atoms with E-state index in [2.05, 4.69) is 0 Å². The van der Waals surface area contributed by atoms with Crippen LogP contribution in [0.25, 0.3) is 0 Å². The zero-order valence-corrected chi connectivity index (χ0v) is 7.37. The third-order valence-corrected chi connectivity index (χ3v) is 2.20. The summed E-state index contributed by atoms with van der Waals surface area (Å²) < 4.78 is 13.1. The third-order valence-electron chi connectivity index (χ3n) is 1.74. The van der Waals surface area contributed by atoms with Crippen molar-refractivity contribution in [3.63, 3.8) is 0 Å². The molecule has 0 unspecified atom stereocenters. The first-order valence-corrected chi connectivity index (χ1v) is 3.98. The van der Waals surface area contributed by atoms with Crippen molar-refractivity contribution in [2.75, 3.05) is 0 Å². The third kappa shape index (κ3) is 1.54. The van der Waals surface area contributed by atoms with Gasteiger partial charge in [0.15, 0.2) is 0 Å². The van der Waals surface area contributed by atoms with Gasteiger partial charge in [0.25, 0.3) is 0 Å². The Kier molecular flexibility index (Phi) is 2.50. The molecule has 0 spiro atoms. The van der Waals surface area contributed by atoms with Gasteiger partial charge >= 0.3 is 0 Å². The van der Waals surface area contributed by atoms with Crippen molar-refractivity contribution in [2.45, 2.75) is 20.3 Å². The van der Waals surface area contributed by atoms with Crippen LogP contribution in [-0.2, 0) is 6.42 Å². The van der Waals surface area contributed by atoms with Crippen LogP contribution >= 0.6 is 11.6 Å². The zero-order valence-electron chi connectivity index (χ0n) is 6.62. The standard InChI is InChI=1S/C9H10ClF/c1-3-7-5-4-6(2)8(10)9(7)11/h4-5H,3H2,1-2H3. The molecule has 0 fully saturated rings. The van der Waals surface area contributed by atoms with Crippen LogP contribution in [0.1, 0.15) is 18.1 Å². The molecule has 0 nitrogen and oxygen atoms in total. The van der Waals surface area contributed by atoms with E-state index in [0.717, 1.165) is 5.56 Å². The van der Waals surface area contributed by atoms with Gasteiger partial charge in [0.1, 0.15) is 5.82 Å². The van der Waals surface area contributed by atoms with E-state index >= 15 is 0 Å². The molecule has 0 aliphatic carbocycles. The first-order chi connectivity index (χ1) is 5.16. The molecular formula is C9H10ClF. The lowest BCUT2D eigenvalue weighted by Crippen LogP contribution is -1.90. The number of hydrogen-bond acceptors (Lipinski definition) is 0. The van der Waals surface area contributed by atoms with Gasteiger partial charge in [0.05, 0.1) is 5.02 Å². The molecule has 0 heterocycles. The van der Waals surface area contributed by atoms with Gasteiger partial charge < -0.3 is 0 Å². The predicted molar refractivity (Wildman–Crippen MR) is 45.5 cm³/mol. The monoisotopic (exact) mass is 172 g/mol. The quantitative estimate of drug-likeness (QED) is 0.610. The maximum atomic E-state index is 13.1. The topological polar surface area (TPSA) is 0 Å². The molecule has 11 heavy (non-hydrogen) atoms. The number of halogens is 2. The molecule has 0 N–H and O–H groups in total. The van der Waals surface area contributed by atoms with Crippen molar-refractivity contribution < 1.29 is 4.39 Å². The van der Waals surface area contributed by atoms with E-state index in [1.807, 2.05) is 13.0 Å². The van der Waals surface area contributed by atoms with Crippen molar-refractivity contribution in [2.24, 2.45) is 0 Å². The minimum atomic E-state index is -0.269. The minimum Gasteiger partial charge on any atom is -0.205 e. The lowest BCUT2D eigenvalue weighted by atomic mass is 10.1. The van der Waals surface area contributed by atoms with Crippen molar-refractivity contribution >= 4 is 11.6 Å². The molecule has 1 aromatic carbocycles. The van der Waals surface area contributed by atoms with E-state index < -0.39 is 0 Å². The number of rotatable bonds is 1. The molecule has 0 saturated heterocycles. The lowest BCUT2D eigenvalue weighted by molar-refractivity contribution is 0.611. The van der Waals surface area contributed by atoms with E-state index in [-0.39, 0.29) is 10.8 Å². The second kappa shape index (κ2) is 3.22. The SMILES string of the molecule is CCc1ccc(C)c(Cl)c1F. The van der Waals surface area contributed by atoms with E-state index in [4.69, 9.17) is 11.6 Å². The van der Waals surface area contributed by atoms with Crippen molar-refractivity contribution in [3.8, 4) is 0 Å². The molecule has 0 aliphatic heterocycles. The van der Waals surface area contributed by atoms with E-state index in [1.165, 1.54) is 0 Å². The van der Waals surface area contributed by atoms with Crippen LogP contribution in [0.3, 0.4) is 0 Å². The number of benzene rings is 1. The summed E-state index contributed by atoms with van der Waals surface area (Å²) in [4.78, 5) is 0. The fourth-order valence-corrected chi connectivity index (χ4v) is 1.14. The summed E-state index contributed by atoms with van der Waals surface area (Å²) in [5, 5.41) is 0.254. The summed E-state index contributed by atoms with van der Waals surface area (Å²) in [6.45, 7) is 3.70. The number of hydrogen-bond donors (Lipinski definition) is 0. The van der Waals surface area contributed by atoms with Crippen LogP contribution in [0.15, 0.2) is 12.1 Å². The van der Waals surface area contributed by atoms with Crippen LogP contribution in [0, 0.1) is 12.7 Å². The van der Waals surface area contributed by atoms with Crippen molar-refractivity contribution in [3.05, 3.63) is 34.1 Å². The molecule has 1 aromatic rings. The van der Waals surface area contributed by atoms with Gasteiger partial charge in [-0.05, 0) is 24.5 Å². The second-order valence-electron chi connectivity index (χ2n) is 2.52. The first-order valence-electron chi connectivity index (χ1n) is 3.60. The van der Waals surface area contributed by atoms with E-state index in [0.29, 0.717) is 12.0 Å². The molecule has 0 atom stereocenters. The highest BCUT2D eigenvalue weighted by atomic mass is 35.5. The van der Waals surface area contributed by atoms with E-state index in [9.17, 15) is 4.39 Å². The molecule has 0 aliphatic rings. The van der Waals surface area contributed by atoms with Gasteiger partial charge in [-0.25, -0.2) is 4.39 Å². The summed E-state index contributed by atoms with van der Waals surface area (Å²) >= 11 is 5.69. The fraction of sp³-hybridized carbons (Fsp3) is 0.333.